The van der Waals surface area contributed by atoms with Crippen molar-refractivity contribution in [3.8, 4) is 0 Å². The van der Waals surface area contributed by atoms with Crippen molar-refractivity contribution in [1.82, 2.24) is 5.32 Å². The Kier molecular flexibility index (Phi) is 3.90. The molecule has 0 bridgehead atoms. The van der Waals surface area contributed by atoms with E-state index in [9.17, 15) is 18.8 Å². The first kappa shape index (κ1) is 15.0. The second-order valence-corrected chi connectivity index (χ2v) is 6.22. The molecular weight excluding hydrogens is 333 g/mol. The highest BCUT2D eigenvalue weighted by atomic mass is 35.6. The standard InChI is InChI=1S/C11H6Cl3FN2O3/c12-11(13,14)9(19)16-10(20)17-7-4-6(15)2-1-5(7)3-8(17)18/h1-2,4H,3H2,(H,16,19,20). The average molecular weight is 340 g/mol. The highest BCUT2D eigenvalue weighted by Crippen LogP contribution is 2.30. The number of fused-ring (bicyclic) bond motifs is 1. The first-order valence-corrected chi connectivity index (χ1v) is 6.37. The zero-order valence-corrected chi connectivity index (χ0v) is 11.9. The molecule has 0 aromatic heterocycles. The number of urea groups is 1. The fourth-order valence-electron chi connectivity index (χ4n) is 1.72. The van der Waals surface area contributed by atoms with Crippen molar-refractivity contribution in [2.45, 2.75) is 10.2 Å². The maximum Gasteiger partial charge on any atom is 0.335 e. The van der Waals surface area contributed by atoms with E-state index in [1.54, 1.807) is 5.32 Å². The molecule has 0 saturated carbocycles. The second-order valence-electron chi connectivity index (χ2n) is 3.94. The zero-order chi connectivity index (χ0) is 15.1. The van der Waals surface area contributed by atoms with Crippen molar-refractivity contribution in [1.29, 1.82) is 0 Å². The van der Waals surface area contributed by atoms with Gasteiger partial charge in [0.25, 0.3) is 9.70 Å². The monoisotopic (exact) mass is 338 g/mol. The number of hydrogen-bond donors (Lipinski definition) is 1. The lowest BCUT2D eigenvalue weighted by atomic mass is 10.2. The van der Waals surface area contributed by atoms with Crippen molar-refractivity contribution >= 4 is 58.3 Å². The Morgan fingerprint density at radius 1 is 1.30 bits per heavy atom. The molecule has 1 aromatic carbocycles. The number of nitrogens with zero attached hydrogens (tertiary/aromatic N) is 1. The van der Waals surface area contributed by atoms with Gasteiger partial charge in [0.05, 0.1) is 12.1 Å². The third kappa shape index (κ3) is 2.87. The van der Waals surface area contributed by atoms with Gasteiger partial charge in [-0.25, -0.2) is 14.1 Å². The summed E-state index contributed by atoms with van der Waals surface area (Å²) in [5, 5.41) is 1.76. The van der Waals surface area contributed by atoms with Gasteiger partial charge in [0, 0.05) is 0 Å². The van der Waals surface area contributed by atoms with Crippen LogP contribution in [0.25, 0.3) is 0 Å². The third-order valence-electron chi connectivity index (χ3n) is 2.56. The molecule has 1 N–H and O–H groups in total. The lowest BCUT2D eigenvalue weighted by Crippen LogP contribution is -2.48. The van der Waals surface area contributed by atoms with E-state index in [-0.39, 0.29) is 12.1 Å². The van der Waals surface area contributed by atoms with E-state index in [2.05, 4.69) is 0 Å². The van der Waals surface area contributed by atoms with E-state index in [4.69, 9.17) is 34.8 Å². The van der Waals surface area contributed by atoms with Crippen molar-refractivity contribution in [3.63, 3.8) is 0 Å². The van der Waals surface area contributed by atoms with E-state index in [1.807, 2.05) is 0 Å². The minimum atomic E-state index is -2.34. The van der Waals surface area contributed by atoms with Crippen LogP contribution in [0.4, 0.5) is 14.9 Å². The van der Waals surface area contributed by atoms with E-state index in [1.165, 1.54) is 12.1 Å². The number of alkyl halides is 3. The summed E-state index contributed by atoms with van der Waals surface area (Å²) in [6, 6.07) is 2.46. The Labute approximate surface area is 127 Å². The molecule has 0 fully saturated rings. The number of anilines is 1. The number of benzene rings is 1. The van der Waals surface area contributed by atoms with Gasteiger partial charge in [-0.1, -0.05) is 40.9 Å². The average Bonchev–Trinajstić information content (AvgIpc) is 2.63. The van der Waals surface area contributed by atoms with Gasteiger partial charge in [-0.05, 0) is 17.7 Å². The van der Waals surface area contributed by atoms with Crippen LogP contribution in [0.1, 0.15) is 5.56 Å². The fraction of sp³-hybridized carbons (Fsp3) is 0.182. The Balaban J connectivity index is 2.26. The quantitative estimate of drug-likeness (QED) is 0.738. The van der Waals surface area contributed by atoms with Crippen LogP contribution in [-0.2, 0) is 16.0 Å². The van der Waals surface area contributed by atoms with E-state index < -0.39 is 27.5 Å². The van der Waals surface area contributed by atoms with Crippen molar-refractivity contribution in [2.75, 3.05) is 4.90 Å². The molecule has 0 unspecified atom stereocenters. The first-order chi connectivity index (χ1) is 9.20. The number of nitrogens with one attached hydrogen (secondary N) is 1. The SMILES string of the molecule is O=C1Cc2ccc(F)cc2N1C(=O)NC(=O)C(Cl)(Cl)Cl. The largest absolute Gasteiger partial charge is 0.335 e. The minimum Gasteiger partial charge on any atom is -0.274 e. The maximum absolute atomic E-state index is 13.2. The Morgan fingerprint density at radius 3 is 2.55 bits per heavy atom. The smallest absolute Gasteiger partial charge is 0.274 e. The predicted molar refractivity (Wildman–Crippen MR) is 71.4 cm³/mol. The fourth-order valence-corrected chi connectivity index (χ4v) is 1.86. The summed E-state index contributed by atoms with van der Waals surface area (Å²) in [6.45, 7) is 0. The lowest BCUT2D eigenvalue weighted by Gasteiger charge is -2.17. The Morgan fingerprint density at radius 2 is 1.95 bits per heavy atom. The van der Waals surface area contributed by atoms with Gasteiger partial charge in [-0.2, -0.15) is 0 Å². The van der Waals surface area contributed by atoms with Gasteiger partial charge in [0.15, 0.2) is 0 Å². The molecule has 0 atom stereocenters. The molecule has 1 aliphatic heterocycles. The molecule has 5 nitrogen and oxygen atoms in total. The summed E-state index contributed by atoms with van der Waals surface area (Å²) in [6.07, 6.45) is -0.0784. The Bertz CT molecular complexity index is 615. The summed E-state index contributed by atoms with van der Waals surface area (Å²) < 4.78 is 10.8. The lowest BCUT2D eigenvalue weighted by molar-refractivity contribution is -0.119. The highest BCUT2D eigenvalue weighted by Gasteiger charge is 2.37. The molecule has 4 amide bonds. The molecular formula is C11H6Cl3FN2O3. The van der Waals surface area contributed by atoms with Crippen molar-refractivity contribution < 1.29 is 18.8 Å². The number of imide groups is 2. The molecule has 106 valence electrons. The van der Waals surface area contributed by atoms with Gasteiger partial charge < -0.3 is 0 Å². The topological polar surface area (TPSA) is 66.5 Å². The third-order valence-corrected chi connectivity index (χ3v) is 3.08. The molecule has 1 aliphatic rings. The van der Waals surface area contributed by atoms with Gasteiger partial charge in [0.1, 0.15) is 5.82 Å². The van der Waals surface area contributed by atoms with Gasteiger partial charge in [-0.3, -0.25) is 14.9 Å². The van der Waals surface area contributed by atoms with Crippen LogP contribution in [-0.4, -0.2) is 21.6 Å². The van der Waals surface area contributed by atoms with E-state index in [0.29, 0.717) is 10.5 Å². The number of rotatable bonds is 0. The van der Waals surface area contributed by atoms with Crippen LogP contribution in [0.5, 0.6) is 0 Å². The van der Waals surface area contributed by atoms with Crippen LogP contribution in [0, 0.1) is 5.82 Å². The van der Waals surface area contributed by atoms with Gasteiger partial charge in [0.2, 0.25) is 5.91 Å². The van der Waals surface area contributed by atoms with Crippen LogP contribution >= 0.6 is 34.8 Å². The summed E-state index contributed by atoms with van der Waals surface area (Å²) in [5.41, 5.74) is 0.525. The number of amides is 4. The van der Waals surface area contributed by atoms with Gasteiger partial charge >= 0.3 is 6.03 Å². The molecule has 0 spiro atoms. The summed E-state index contributed by atoms with van der Waals surface area (Å²) in [5.74, 6) is -2.44. The molecule has 2 rings (SSSR count). The van der Waals surface area contributed by atoms with Crippen molar-refractivity contribution in [3.05, 3.63) is 29.6 Å². The molecule has 1 aromatic rings. The van der Waals surface area contributed by atoms with E-state index >= 15 is 0 Å². The minimum absolute atomic E-state index is 0.0598. The van der Waals surface area contributed by atoms with Crippen LogP contribution in [0.3, 0.4) is 0 Å². The number of carbonyl (C=O) groups excluding carboxylic acids is 3. The number of halogens is 4. The predicted octanol–water partition coefficient (Wildman–Crippen LogP) is 2.32. The highest BCUT2D eigenvalue weighted by molar-refractivity contribution is 6.76. The zero-order valence-electron chi connectivity index (χ0n) is 9.62. The maximum atomic E-state index is 13.2. The molecule has 0 aliphatic carbocycles. The first-order valence-electron chi connectivity index (χ1n) is 5.23. The number of hydrogen-bond acceptors (Lipinski definition) is 3. The molecule has 0 saturated heterocycles. The van der Waals surface area contributed by atoms with Crippen LogP contribution in [0.15, 0.2) is 18.2 Å². The second kappa shape index (κ2) is 5.20. The molecule has 9 heteroatoms. The van der Waals surface area contributed by atoms with Crippen LogP contribution < -0.4 is 10.2 Å². The molecule has 1 heterocycles. The van der Waals surface area contributed by atoms with Gasteiger partial charge in [-0.15, -0.1) is 0 Å². The summed E-state index contributed by atoms with van der Waals surface area (Å²) >= 11 is 15.9. The molecule has 0 radical (unpaired) electrons. The van der Waals surface area contributed by atoms with Crippen LogP contribution in [0.2, 0.25) is 0 Å². The van der Waals surface area contributed by atoms with Crippen molar-refractivity contribution in [2.24, 2.45) is 0 Å². The normalized spacial score (nSPS) is 14.2. The Hall–Kier alpha value is -1.37. The summed E-state index contributed by atoms with van der Waals surface area (Å²) in [7, 11) is 0. The molecule has 20 heavy (non-hydrogen) atoms. The summed E-state index contributed by atoms with van der Waals surface area (Å²) in [4.78, 5) is 35.6. The number of carbonyl (C=O) groups is 3. The van der Waals surface area contributed by atoms with E-state index in [0.717, 1.165) is 6.07 Å².